The summed E-state index contributed by atoms with van der Waals surface area (Å²) in [7, 11) is 0. The van der Waals surface area contributed by atoms with Crippen molar-refractivity contribution in [1.29, 1.82) is 0 Å². The van der Waals surface area contributed by atoms with E-state index in [0.717, 1.165) is 12.8 Å². The highest BCUT2D eigenvalue weighted by Gasteiger charge is 2.23. The van der Waals surface area contributed by atoms with E-state index in [1.54, 1.807) is 6.92 Å². The van der Waals surface area contributed by atoms with Crippen molar-refractivity contribution in [3.05, 3.63) is 0 Å². The van der Waals surface area contributed by atoms with Gasteiger partial charge in [-0.15, -0.1) is 0 Å². The van der Waals surface area contributed by atoms with Gasteiger partial charge in [0.2, 0.25) is 5.91 Å². The van der Waals surface area contributed by atoms with Crippen molar-refractivity contribution in [3.8, 4) is 0 Å². The van der Waals surface area contributed by atoms with Crippen molar-refractivity contribution in [2.75, 3.05) is 6.61 Å². The maximum Gasteiger partial charge on any atom is 0.306 e. The lowest BCUT2D eigenvalue weighted by molar-refractivity contribution is -0.144. The van der Waals surface area contributed by atoms with Gasteiger partial charge in [-0.3, -0.25) is 9.59 Å². The molecule has 4 nitrogen and oxygen atoms in total. The number of amides is 1. The van der Waals surface area contributed by atoms with Gasteiger partial charge in [0, 0.05) is 12.5 Å². The molecule has 0 radical (unpaired) electrons. The Morgan fingerprint density at radius 1 is 1.38 bits per heavy atom. The van der Waals surface area contributed by atoms with Crippen LogP contribution in [-0.4, -0.2) is 24.5 Å². The Balaban J connectivity index is 2.02. The second kappa shape index (κ2) is 4.84. The van der Waals surface area contributed by atoms with Crippen LogP contribution in [0.2, 0.25) is 0 Å². The Morgan fingerprint density at radius 3 is 2.62 bits per heavy atom. The van der Waals surface area contributed by atoms with Crippen molar-refractivity contribution in [3.63, 3.8) is 0 Å². The van der Waals surface area contributed by atoms with Gasteiger partial charge in [-0.25, -0.2) is 0 Å². The minimum absolute atomic E-state index is 0.0458. The molecule has 0 aliphatic heterocycles. The summed E-state index contributed by atoms with van der Waals surface area (Å²) in [5, 5.41) is 2.80. The summed E-state index contributed by atoms with van der Waals surface area (Å²) in [5.74, 6) is -0.344. The van der Waals surface area contributed by atoms with E-state index in [9.17, 15) is 9.59 Å². The number of carbonyl (C=O) groups is 2. The molecule has 1 saturated carbocycles. The zero-order chi connectivity index (χ0) is 9.68. The van der Waals surface area contributed by atoms with Gasteiger partial charge in [-0.2, -0.15) is 0 Å². The SMILES string of the molecule is CCOC(=O)CCC(=O)NC1CC1. The molecular formula is C9H15NO3. The van der Waals surface area contributed by atoms with E-state index in [1.807, 2.05) is 0 Å². The first kappa shape index (κ1) is 10.0. The zero-order valence-electron chi connectivity index (χ0n) is 7.84. The highest BCUT2D eigenvalue weighted by molar-refractivity contribution is 5.81. The molecule has 4 heteroatoms. The fourth-order valence-corrected chi connectivity index (χ4v) is 0.976. The van der Waals surface area contributed by atoms with Gasteiger partial charge in [-0.05, 0) is 19.8 Å². The number of nitrogens with one attached hydrogen (secondary N) is 1. The van der Waals surface area contributed by atoms with E-state index < -0.39 is 0 Å². The molecule has 74 valence electrons. The molecule has 0 aromatic heterocycles. The van der Waals surface area contributed by atoms with E-state index in [1.165, 1.54) is 0 Å². The van der Waals surface area contributed by atoms with Crippen LogP contribution >= 0.6 is 0 Å². The first-order valence-corrected chi connectivity index (χ1v) is 4.67. The van der Waals surface area contributed by atoms with Crippen LogP contribution in [0.15, 0.2) is 0 Å². The van der Waals surface area contributed by atoms with Gasteiger partial charge in [0.1, 0.15) is 0 Å². The summed E-state index contributed by atoms with van der Waals surface area (Å²) in [6.07, 6.45) is 2.58. The van der Waals surface area contributed by atoms with Crippen molar-refractivity contribution >= 4 is 11.9 Å². The Kier molecular flexibility index (Phi) is 3.73. The molecule has 1 rings (SSSR count). The Hall–Kier alpha value is -1.06. The molecule has 1 N–H and O–H groups in total. The molecular weight excluding hydrogens is 170 g/mol. The van der Waals surface area contributed by atoms with E-state index in [2.05, 4.69) is 5.32 Å². The van der Waals surface area contributed by atoms with Crippen LogP contribution in [-0.2, 0) is 14.3 Å². The Labute approximate surface area is 77.6 Å². The minimum Gasteiger partial charge on any atom is -0.466 e. The second-order valence-electron chi connectivity index (χ2n) is 3.15. The molecule has 0 saturated heterocycles. The summed E-state index contributed by atoms with van der Waals surface area (Å²) in [5.41, 5.74) is 0. The van der Waals surface area contributed by atoms with Gasteiger partial charge < -0.3 is 10.1 Å². The molecule has 0 aromatic rings. The Bertz CT molecular complexity index is 199. The summed E-state index contributed by atoms with van der Waals surface area (Å²) >= 11 is 0. The quantitative estimate of drug-likeness (QED) is 0.638. The summed E-state index contributed by atoms with van der Waals surface area (Å²) in [4.78, 5) is 21.9. The fourth-order valence-electron chi connectivity index (χ4n) is 0.976. The average Bonchev–Trinajstić information content (AvgIpc) is 2.85. The standard InChI is InChI=1S/C9H15NO3/c1-2-13-9(12)6-5-8(11)10-7-3-4-7/h7H,2-6H2,1H3,(H,10,11). The first-order valence-electron chi connectivity index (χ1n) is 4.67. The van der Waals surface area contributed by atoms with Crippen LogP contribution in [0.1, 0.15) is 32.6 Å². The number of hydrogen-bond donors (Lipinski definition) is 1. The lowest BCUT2D eigenvalue weighted by atomic mass is 10.3. The van der Waals surface area contributed by atoms with Crippen molar-refractivity contribution in [1.82, 2.24) is 5.32 Å². The molecule has 0 atom stereocenters. The number of carbonyl (C=O) groups excluding carboxylic acids is 2. The maximum absolute atomic E-state index is 11.1. The molecule has 0 unspecified atom stereocenters. The van der Waals surface area contributed by atoms with Crippen molar-refractivity contribution < 1.29 is 14.3 Å². The average molecular weight is 185 g/mol. The lowest BCUT2D eigenvalue weighted by Gasteiger charge is -2.02. The second-order valence-corrected chi connectivity index (χ2v) is 3.15. The largest absolute Gasteiger partial charge is 0.466 e. The van der Waals surface area contributed by atoms with E-state index in [4.69, 9.17) is 4.74 Å². The van der Waals surface area contributed by atoms with E-state index in [0.29, 0.717) is 12.6 Å². The molecule has 1 amide bonds. The maximum atomic E-state index is 11.1. The number of ether oxygens (including phenoxy) is 1. The molecule has 0 heterocycles. The van der Waals surface area contributed by atoms with Gasteiger partial charge in [-0.1, -0.05) is 0 Å². The Morgan fingerprint density at radius 2 is 2.08 bits per heavy atom. The lowest BCUT2D eigenvalue weighted by Crippen LogP contribution is -2.25. The molecule has 0 bridgehead atoms. The van der Waals surface area contributed by atoms with Crippen LogP contribution in [0, 0.1) is 0 Å². The number of rotatable bonds is 5. The highest BCUT2D eigenvalue weighted by Crippen LogP contribution is 2.18. The van der Waals surface area contributed by atoms with Gasteiger partial charge in [0.05, 0.1) is 13.0 Å². The van der Waals surface area contributed by atoms with Crippen molar-refractivity contribution in [2.24, 2.45) is 0 Å². The fraction of sp³-hybridized carbons (Fsp3) is 0.778. The monoisotopic (exact) mass is 185 g/mol. The van der Waals surface area contributed by atoms with E-state index in [-0.39, 0.29) is 24.7 Å². The van der Waals surface area contributed by atoms with E-state index >= 15 is 0 Å². The topological polar surface area (TPSA) is 55.4 Å². The third kappa shape index (κ3) is 4.50. The highest BCUT2D eigenvalue weighted by atomic mass is 16.5. The smallest absolute Gasteiger partial charge is 0.306 e. The number of esters is 1. The molecule has 0 spiro atoms. The molecule has 1 aliphatic rings. The normalized spacial score (nSPS) is 15.2. The van der Waals surface area contributed by atoms with Gasteiger partial charge in [0.15, 0.2) is 0 Å². The predicted octanol–water partition coefficient (Wildman–Crippen LogP) is 0.608. The zero-order valence-corrected chi connectivity index (χ0v) is 7.84. The summed E-state index contributed by atoms with van der Waals surface area (Å²) in [6, 6.07) is 0.370. The molecule has 1 fully saturated rings. The number of hydrogen-bond acceptors (Lipinski definition) is 3. The third-order valence-electron chi connectivity index (χ3n) is 1.80. The van der Waals surface area contributed by atoms with Crippen LogP contribution in [0.5, 0.6) is 0 Å². The van der Waals surface area contributed by atoms with Crippen molar-refractivity contribution in [2.45, 2.75) is 38.6 Å². The predicted molar refractivity (Wildman–Crippen MR) is 47.0 cm³/mol. The van der Waals surface area contributed by atoms with Crippen LogP contribution in [0.25, 0.3) is 0 Å². The third-order valence-corrected chi connectivity index (χ3v) is 1.80. The summed E-state index contributed by atoms with van der Waals surface area (Å²) in [6.45, 7) is 2.13. The van der Waals surface area contributed by atoms with Crippen LogP contribution in [0.4, 0.5) is 0 Å². The first-order chi connectivity index (χ1) is 6.22. The van der Waals surface area contributed by atoms with Gasteiger partial charge in [0.25, 0.3) is 0 Å². The van der Waals surface area contributed by atoms with Crippen LogP contribution < -0.4 is 5.32 Å². The van der Waals surface area contributed by atoms with Gasteiger partial charge >= 0.3 is 5.97 Å². The molecule has 1 aliphatic carbocycles. The molecule has 0 aromatic carbocycles. The molecule has 13 heavy (non-hydrogen) atoms. The summed E-state index contributed by atoms with van der Waals surface area (Å²) < 4.78 is 4.69. The van der Waals surface area contributed by atoms with Crippen LogP contribution in [0.3, 0.4) is 0 Å². The minimum atomic E-state index is -0.298.